The van der Waals surface area contributed by atoms with Gasteiger partial charge in [0, 0.05) is 24.7 Å². The van der Waals surface area contributed by atoms with Gasteiger partial charge in [-0.3, -0.25) is 14.3 Å². The molecule has 166 valence electrons. The number of hydrogen-bond acceptors (Lipinski definition) is 7. The maximum Gasteiger partial charge on any atom is 0.265 e. The van der Waals surface area contributed by atoms with Crippen LogP contribution in [0.4, 0.5) is 17.1 Å². The Hall–Kier alpha value is -3.12. The topological polar surface area (TPSA) is 139 Å². The Kier molecular flexibility index (Phi) is 6.23. The molecule has 0 unspecified atom stereocenters. The molecule has 0 aromatic heterocycles. The molecule has 0 radical (unpaired) electrons. The molecule has 1 aliphatic rings. The molecule has 12 heteroatoms. The van der Waals surface area contributed by atoms with Gasteiger partial charge in [-0.15, -0.1) is 0 Å². The van der Waals surface area contributed by atoms with E-state index in [1.165, 1.54) is 43.3 Å². The van der Waals surface area contributed by atoms with E-state index in [4.69, 9.17) is 4.74 Å². The van der Waals surface area contributed by atoms with E-state index in [0.717, 1.165) is 6.07 Å². The predicted octanol–water partition coefficient (Wildman–Crippen LogP) is 1.91. The van der Waals surface area contributed by atoms with E-state index in [2.05, 4.69) is 10.0 Å². The van der Waals surface area contributed by atoms with Crippen LogP contribution in [-0.2, 0) is 29.6 Å². The molecule has 0 atom stereocenters. The summed E-state index contributed by atoms with van der Waals surface area (Å²) in [5, 5.41) is 2.57. The number of carbonyl (C=O) groups is 2. The molecule has 2 amide bonds. The number of anilines is 3. The molecule has 2 aromatic carbocycles. The number of hydrogen-bond donors (Lipinski definition) is 2. The van der Waals surface area contributed by atoms with E-state index in [-0.39, 0.29) is 46.7 Å². The average molecular weight is 468 g/mol. The summed E-state index contributed by atoms with van der Waals surface area (Å²) in [7, 11) is -8.06. The first-order valence-corrected chi connectivity index (χ1v) is 12.4. The molecular weight excluding hydrogens is 446 g/mol. The van der Waals surface area contributed by atoms with Gasteiger partial charge in [0.25, 0.3) is 10.0 Å². The van der Waals surface area contributed by atoms with Crippen LogP contribution in [0.2, 0.25) is 0 Å². The van der Waals surface area contributed by atoms with Gasteiger partial charge in [0.2, 0.25) is 21.8 Å². The standard InChI is InChI=1S/C19H21N3O7S2/c1-3-29-17-9-8-16(22-19(24)10-11-30(22,25)26)12-18(17)31(27,28)21-15-6-4-14(5-7-15)20-13(2)23/h4-9,12,21H,3,10-11H2,1-2H3,(H,20,23). The number of nitrogens with one attached hydrogen (secondary N) is 2. The van der Waals surface area contributed by atoms with Gasteiger partial charge in [0.15, 0.2) is 0 Å². The third kappa shape index (κ3) is 4.97. The van der Waals surface area contributed by atoms with Crippen LogP contribution < -0.4 is 19.1 Å². The molecule has 0 aliphatic carbocycles. The maximum absolute atomic E-state index is 13.1. The van der Waals surface area contributed by atoms with E-state index in [1.54, 1.807) is 6.92 Å². The van der Waals surface area contributed by atoms with Crippen molar-refractivity contribution in [2.24, 2.45) is 0 Å². The van der Waals surface area contributed by atoms with E-state index < -0.39 is 26.0 Å². The number of carbonyl (C=O) groups excluding carboxylic acids is 2. The first-order chi connectivity index (χ1) is 14.5. The van der Waals surface area contributed by atoms with Crippen LogP contribution in [0.25, 0.3) is 0 Å². The van der Waals surface area contributed by atoms with Crippen LogP contribution in [0, 0.1) is 0 Å². The zero-order chi connectivity index (χ0) is 22.8. The minimum absolute atomic E-state index is 0.0117. The highest BCUT2D eigenvalue weighted by Gasteiger charge is 2.37. The van der Waals surface area contributed by atoms with Crippen LogP contribution in [0.5, 0.6) is 5.75 Å². The van der Waals surface area contributed by atoms with Crippen molar-refractivity contribution in [2.75, 3.05) is 26.7 Å². The van der Waals surface area contributed by atoms with Gasteiger partial charge >= 0.3 is 0 Å². The van der Waals surface area contributed by atoms with Crippen LogP contribution >= 0.6 is 0 Å². The number of ether oxygens (including phenoxy) is 1. The number of rotatable bonds is 7. The van der Waals surface area contributed by atoms with Gasteiger partial charge in [-0.25, -0.2) is 21.1 Å². The minimum Gasteiger partial charge on any atom is -0.492 e. The third-order valence-corrected chi connectivity index (χ3v) is 7.38. The summed E-state index contributed by atoms with van der Waals surface area (Å²) in [4.78, 5) is 22.9. The lowest BCUT2D eigenvalue weighted by Crippen LogP contribution is -2.29. The van der Waals surface area contributed by atoms with Crippen molar-refractivity contribution < 1.29 is 31.2 Å². The van der Waals surface area contributed by atoms with E-state index in [0.29, 0.717) is 9.99 Å². The molecule has 3 rings (SSSR count). The lowest BCUT2D eigenvalue weighted by Gasteiger charge is -2.18. The van der Waals surface area contributed by atoms with Gasteiger partial charge in [0.05, 0.1) is 18.0 Å². The van der Waals surface area contributed by atoms with Gasteiger partial charge < -0.3 is 10.1 Å². The molecular formula is C19H21N3O7S2. The fraction of sp³-hybridized carbons (Fsp3) is 0.263. The number of amides is 2. The van der Waals surface area contributed by atoms with Crippen molar-refractivity contribution in [3.05, 3.63) is 42.5 Å². The van der Waals surface area contributed by atoms with Crippen LogP contribution in [0.3, 0.4) is 0 Å². The molecule has 1 aliphatic heterocycles. The van der Waals surface area contributed by atoms with Gasteiger partial charge in [-0.2, -0.15) is 0 Å². The molecule has 1 fully saturated rings. The normalized spacial score (nSPS) is 15.5. The van der Waals surface area contributed by atoms with Crippen molar-refractivity contribution in [2.45, 2.75) is 25.2 Å². The lowest BCUT2D eigenvalue weighted by atomic mass is 10.3. The Labute approximate surface area is 180 Å². The summed E-state index contributed by atoms with van der Waals surface area (Å²) in [5.74, 6) is -1.22. The van der Waals surface area contributed by atoms with Crippen LogP contribution in [0.15, 0.2) is 47.4 Å². The Bertz CT molecular complexity index is 1220. The van der Waals surface area contributed by atoms with Crippen LogP contribution in [-0.4, -0.2) is 41.0 Å². The first kappa shape index (κ1) is 22.6. The predicted molar refractivity (Wildman–Crippen MR) is 115 cm³/mol. The van der Waals surface area contributed by atoms with Crippen molar-refractivity contribution in [1.82, 2.24) is 0 Å². The van der Waals surface area contributed by atoms with Crippen molar-refractivity contribution in [1.29, 1.82) is 0 Å². The van der Waals surface area contributed by atoms with Gasteiger partial charge in [-0.1, -0.05) is 0 Å². The molecule has 2 aromatic rings. The summed E-state index contributed by atoms with van der Waals surface area (Å²) in [6, 6.07) is 9.70. The second-order valence-corrected chi connectivity index (χ2v) is 10.2. The summed E-state index contributed by atoms with van der Waals surface area (Å²) in [5.41, 5.74) is 0.629. The quantitative estimate of drug-likeness (QED) is 0.634. The smallest absolute Gasteiger partial charge is 0.265 e. The molecule has 31 heavy (non-hydrogen) atoms. The second kappa shape index (κ2) is 8.55. The third-order valence-electron chi connectivity index (χ3n) is 4.29. The minimum atomic E-state index is -4.20. The first-order valence-electron chi connectivity index (χ1n) is 9.26. The Morgan fingerprint density at radius 1 is 1.13 bits per heavy atom. The van der Waals surface area contributed by atoms with E-state index in [9.17, 15) is 26.4 Å². The summed E-state index contributed by atoms with van der Waals surface area (Å²) >= 11 is 0. The highest BCUT2D eigenvalue weighted by Crippen LogP contribution is 2.33. The van der Waals surface area contributed by atoms with Crippen molar-refractivity contribution in [3.63, 3.8) is 0 Å². The van der Waals surface area contributed by atoms with E-state index in [1.807, 2.05) is 0 Å². The van der Waals surface area contributed by atoms with Gasteiger partial charge in [0.1, 0.15) is 10.6 Å². The van der Waals surface area contributed by atoms with Crippen LogP contribution in [0.1, 0.15) is 20.3 Å². The number of benzene rings is 2. The fourth-order valence-corrected chi connectivity index (χ4v) is 5.69. The molecule has 1 heterocycles. The zero-order valence-corrected chi connectivity index (χ0v) is 18.4. The molecule has 10 nitrogen and oxygen atoms in total. The highest BCUT2D eigenvalue weighted by molar-refractivity contribution is 7.94. The molecule has 2 N–H and O–H groups in total. The number of sulfonamides is 2. The zero-order valence-electron chi connectivity index (χ0n) is 16.8. The van der Waals surface area contributed by atoms with Crippen molar-refractivity contribution >= 4 is 48.9 Å². The summed E-state index contributed by atoms with van der Waals surface area (Å²) < 4.78 is 59.0. The van der Waals surface area contributed by atoms with Gasteiger partial charge in [-0.05, 0) is 49.4 Å². The Morgan fingerprint density at radius 2 is 1.77 bits per heavy atom. The number of nitrogens with zero attached hydrogens (tertiary/aromatic N) is 1. The summed E-state index contributed by atoms with van der Waals surface area (Å²) in [6.45, 7) is 3.20. The van der Waals surface area contributed by atoms with Crippen molar-refractivity contribution in [3.8, 4) is 5.75 Å². The molecule has 1 saturated heterocycles. The second-order valence-electron chi connectivity index (χ2n) is 6.65. The SMILES string of the molecule is CCOc1ccc(N2C(=O)CCS2(=O)=O)cc1S(=O)(=O)Nc1ccc(NC(C)=O)cc1. The fourth-order valence-electron chi connectivity index (χ4n) is 3.01. The molecule has 0 bridgehead atoms. The maximum atomic E-state index is 13.1. The Balaban J connectivity index is 1.98. The molecule has 0 saturated carbocycles. The summed E-state index contributed by atoms with van der Waals surface area (Å²) in [6.07, 6.45) is -0.170. The largest absolute Gasteiger partial charge is 0.492 e. The van der Waals surface area contributed by atoms with E-state index >= 15 is 0 Å². The monoisotopic (exact) mass is 467 g/mol. The highest BCUT2D eigenvalue weighted by atomic mass is 32.2. The lowest BCUT2D eigenvalue weighted by molar-refractivity contribution is -0.116. The average Bonchev–Trinajstić information content (AvgIpc) is 2.96. The Morgan fingerprint density at radius 3 is 2.32 bits per heavy atom. The molecule has 0 spiro atoms.